The van der Waals surface area contributed by atoms with Crippen LogP contribution in [0.3, 0.4) is 0 Å². The summed E-state index contributed by atoms with van der Waals surface area (Å²) in [5.41, 5.74) is 1.12. The zero-order valence-corrected chi connectivity index (χ0v) is 12.1. The van der Waals surface area contributed by atoms with E-state index in [1.54, 1.807) is 0 Å². The summed E-state index contributed by atoms with van der Waals surface area (Å²) in [4.78, 5) is 2.09. The Morgan fingerprint density at radius 3 is 2.72 bits per heavy atom. The number of aliphatic hydroxyl groups excluding tert-OH is 1. The monoisotopic (exact) mass is 269 g/mol. The zero-order chi connectivity index (χ0) is 13.4. The van der Waals surface area contributed by atoms with Crippen LogP contribution in [0.25, 0.3) is 0 Å². The Morgan fingerprint density at radius 2 is 2.06 bits per heavy atom. The third-order valence-electron chi connectivity index (χ3n) is 2.50. The van der Waals surface area contributed by atoms with E-state index in [1.807, 2.05) is 38.0 Å². The van der Waals surface area contributed by atoms with Gasteiger partial charge in [-0.25, -0.2) is 0 Å². The third kappa shape index (κ3) is 6.28. The summed E-state index contributed by atoms with van der Waals surface area (Å²) in [7, 11) is 4.06. The number of hydrogen-bond acceptors (Lipinski definition) is 4. The van der Waals surface area contributed by atoms with Gasteiger partial charge in [0.15, 0.2) is 0 Å². The molecule has 3 nitrogen and oxygen atoms in total. The minimum atomic E-state index is 0.204. The number of nitrogens with zero attached hydrogens (tertiary/aromatic N) is 1. The molecule has 18 heavy (non-hydrogen) atoms. The lowest BCUT2D eigenvalue weighted by atomic mass is 10.2. The maximum Gasteiger partial charge on any atom is 0.118 e. The van der Waals surface area contributed by atoms with Crippen molar-refractivity contribution in [2.45, 2.75) is 25.1 Å². The first-order valence-corrected chi connectivity index (χ1v) is 7.35. The van der Waals surface area contributed by atoms with Gasteiger partial charge in [0.1, 0.15) is 11.5 Å². The van der Waals surface area contributed by atoms with Crippen LogP contribution in [0.1, 0.15) is 24.4 Å². The fourth-order valence-electron chi connectivity index (χ4n) is 1.57. The highest BCUT2D eigenvalue weighted by Gasteiger charge is 2.03. The minimum absolute atomic E-state index is 0.204. The van der Waals surface area contributed by atoms with Gasteiger partial charge >= 0.3 is 0 Å². The zero-order valence-electron chi connectivity index (χ0n) is 11.3. The molecule has 0 amide bonds. The number of rotatable bonds is 9. The van der Waals surface area contributed by atoms with Crippen LogP contribution in [0, 0.1) is 0 Å². The average molecular weight is 269 g/mol. The molecule has 0 spiro atoms. The first-order valence-electron chi connectivity index (χ1n) is 6.19. The highest BCUT2D eigenvalue weighted by Crippen LogP contribution is 2.18. The predicted molar refractivity (Wildman–Crippen MR) is 77.7 cm³/mol. The van der Waals surface area contributed by atoms with Crippen molar-refractivity contribution in [2.24, 2.45) is 0 Å². The van der Waals surface area contributed by atoms with Gasteiger partial charge in [-0.3, -0.25) is 0 Å². The van der Waals surface area contributed by atoms with Crippen molar-refractivity contribution in [2.75, 3.05) is 26.5 Å². The van der Waals surface area contributed by atoms with Crippen LogP contribution in [0.15, 0.2) is 28.7 Å². The van der Waals surface area contributed by atoms with Gasteiger partial charge in [-0.15, -0.1) is 0 Å². The first-order chi connectivity index (χ1) is 8.61. The molecule has 0 aromatic carbocycles. The molecule has 1 N–H and O–H groups in total. The smallest absolute Gasteiger partial charge is 0.118 e. The van der Waals surface area contributed by atoms with Crippen molar-refractivity contribution >= 4 is 11.8 Å². The number of thioether (sulfide) groups is 1. The van der Waals surface area contributed by atoms with Crippen molar-refractivity contribution < 1.29 is 9.52 Å². The van der Waals surface area contributed by atoms with E-state index in [2.05, 4.69) is 11.5 Å². The quantitative estimate of drug-likeness (QED) is 0.552. The normalized spacial score (nSPS) is 11.1. The van der Waals surface area contributed by atoms with Gasteiger partial charge in [-0.1, -0.05) is 12.2 Å². The molecule has 0 radical (unpaired) electrons. The third-order valence-corrected chi connectivity index (χ3v) is 3.48. The minimum Gasteiger partial charge on any atom is -0.464 e. The lowest BCUT2D eigenvalue weighted by Crippen LogP contribution is -2.09. The summed E-state index contributed by atoms with van der Waals surface area (Å²) < 4.78 is 5.72. The second-order valence-corrected chi connectivity index (χ2v) is 5.74. The van der Waals surface area contributed by atoms with Crippen molar-refractivity contribution in [1.29, 1.82) is 0 Å². The lowest BCUT2D eigenvalue weighted by Gasteiger charge is -2.06. The summed E-state index contributed by atoms with van der Waals surface area (Å²) in [5, 5.41) is 8.76. The fourth-order valence-corrected chi connectivity index (χ4v) is 2.50. The van der Waals surface area contributed by atoms with E-state index in [0.717, 1.165) is 41.6 Å². The molecule has 0 aliphatic heterocycles. The van der Waals surface area contributed by atoms with Gasteiger partial charge in [0, 0.05) is 6.61 Å². The van der Waals surface area contributed by atoms with Crippen LogP contribution in [0.4, 0.5) is 0 Å². The van der Waals surface area contributed by atoms with Crippen LogP contribution in [-0.4, -0.2) is 36.5 Å². The summed E-state index contributed by atoms with van der Waals surface area (Å²) in [6, 6.07) is 4.09. The molecule has 0 saturated carbocycles. The van der Waals surface area contributed by atoms with Gasteiger partial charge in [0.05, 0.1) is 12.3 Å². The van der Waals surface area contributed by atoms with Crippen LogP contribution in [0.2, 0.25) is 0 Å². The summed E-state index contributed by atoms with van der Waals surface area (Å²) in [6.45, 7) is 4.97. The molecule has 102 valence electrons. The Labute approximate surface area is 114 Å². The lowest BCUT2D eigenvalue weighted by molar-refractivity contribution is 0.298. The number of hydrogen-bond donors (Lipinski definition) is 1. The fraction of sp³-hybridized carbons (Fsp3) is 0.571. The van der Waals surface area contributed by atoms with Crippen molar-refractivity contribution in [3.05, 3.63) is 35.8 Å². The topological polar surface area (TPSA) is 36.6 Å². The van der Waals surface area contributed by atoms with Gasteiger partial charge in [-0.05, 0) is 44.8 Å². The van der Waals surface area contributed by atoms with E-state index in [0.29, 0.717) is 6.42 Å². The summed E-state index contributed by atoms with van der Waals surface area (Å²) >= 11 is 1.84. The van der Waals surface area contributed by atoms with Crippen LogP contribution >= 0.6 is 11.8 Å². The molecule has 4 heteroatoms. The van der Waals surface area contributed by atoms with Gasteiger partial charge in [0.25, 0.3) is 0 Å². The van der Waals surface area contributed by atoms with E-state index in [9.17, 15) is 0 Å². The predicted octanol–water partition coefficient (Wildman–Crippen LogP) is 2.90. The highest BCUT2D eigenvalue weighted by molar-refractivity contribution is 7.98. The highest BCUT2D eigenvalue weighted by atomic mass is 32.2. The molecule has 1 aromatic heterocycles. The Bertz CT molecular complexity index is 360. The SMILES string of the molecule is C=C(CCO)CCSCc1ccc(CN(C)C)o1. The standard InChI is InChI=1S/C14H23NO2S/c1-12(6-8-16)7-9-18-11-14-5-4-13(17-14)10-15(2)3/h4-5,16H,1,6-11H2,2-3H3. The Hall–Kier alpha value is -0.710. The molecule has 0 aliphatic carbocycles. The number of aliphatic hydroxyl groups is 1. The Balaban J connectivity index is 2.19. The Morgan fingerprint density at radius 1 is 1.33 bits per heavy atom. The average Bonchev–Trinajstić information content (AvgIpc) is 2.71. The van der Waals surface area contributed by atoms with Crippen molar-refractivity contribution in [3.63, 3.8) is 0 Å². The molecule has 1 rings (SSSR count). The Kier molecular flexibility index (Phi) is 7.16. The summed E-state index contributed by atoms with van der Waals surface area (Å²) in [5.74, 6) is 3.98. The van der Waals surface area contributed by atoms with Gasteiger partial charge in [-0.2, -0.15) is 11.8 Å². The van der Waals surface area contributed by atoms with Crippen molar-refractivity contribution in [1.82, 2.24) is 4.90 Å². The maximum atomic E-state index is 8.76. The first kappa shape index (κ1) is 15.3. The van der Waals surface area contributed by atoms with Gasteiger partial charge in [0.2, 0.25) is 0 Å². The molecule has 0 saturated heterocycles. The van der Waals surface area contributed by atoms with Crippen molar-refractivity contribution in [3.8, 4) is 0 Å². The largest absolute Gasteiger partial charge is 0.464 e. The van der Waals surface area contributed by atoms with E-state index >= 15 is 0 Å². The number of furan rings is 1. The molecule has 0 fully saturated rings. The second-order valence-electron chi connectivity index (χ2n) is 4.63. The van der Waals surface area contributed by atoms with Crippen LogP contribution in [-0.2, 0) is 12.3 Å². The molecular weight excluding hydrogens is 246 g/mol. The molecular formula is C14H23NO2S. The van der Waals surface area contributed by atoms with Crippen LogP contribution < -0.4 is 0 Å². The van der Waals surface area contributed by atoms with Crippen LogP contribution in [0.5, 0.6) is 0 Å². The van der Waals surface area contributed by atoms with E-state index in [4.69, 9.17) is 9.52 Å². The van der Waals surface area contributed by atoms with E-state index in [-0.39, 0.29) is 6.61 Å². The molecule has 0 atom stereocenters. The molecule has 0 aliphatic rings. The molecule has 0 unspecified atom stereocenters. The second kappa shape index (κ2) is 8.40. The maximum absolute atomic E-state index is 8.76. The molecule has 0 bridgehead atoms. The van der Waals surface area contributed by atoms with E-state index in [1.165, 1.54) is 0 Å². The molecule has 1 heterocycles. The molecule has 1 aromatic rings. The van der Waals surface area contributed by atoms with E-state index < -0.39 is 0 Å². The van der Waals surface area contributed by atoms with Gasteiger partial charge < -0.3 is 14.4 Å². The summed E-state index contributed by atoms with van der Waals surface area (Å²) in [6.07, 6.45) is 1.69.